The van der Waals surface area contributed by atoms with Crippen LogP contribution in [0.25, 0.3) is 0 Å². The van der Waals surface area contributed by atoms with Gasteiger partial charge in [-0.2, -0.15) is 5.26 Å². The first-order valence-corrected chi connectivity index (χ1v) is 4.98. The molecule has 0 spiro atoms. The van der Waals surface area contributed by atoms with Gasteiger partial charge >= 0.3 is 0 Å². The molecule has 1 N–H and O–H groups in total. The normalized spacial score (nSPS) is 26.7. The molecule has 1 rings (SSSR count). The number of nitrogens with one attached hydrogen (secondary N) is 1. The SMILES string of the molecule is CCC1CC1NCCCCC#N. The second-order valence-corrected chi connectivity index (χ2v) is 3.58. The van der Waals surface area contributed by atoms with Crippen molar-refractivity contribution in [2.75, 3.05) is 6.54 Å². The van der Waals surface area contributed by atoms with Crippen molar-refractivity contribution in [1.29, 1.82) is 5.26 Å². The van der Waals surface area contributed by atoms with Gasteiger partial charge in [-0.15, -0.1) is 0 Å². The molecule has 0 saturated heterocycles. The lowest BCUT2D eigenvalue weighted by atomic mass is 10.2. The van der Waals surface area contributed by atoms with Crippen LogP contribution in [-0.2, 0) is 0 Å². The Bertz CT molecular complexity index is 160. The van der Waals surface area contributed by atoms with Gasteiger partial charge in [-0.3, -0.25) is 0 Å². The van der Waals surface area contributed by atoms with Crippen molar-refractivity contribution in [3.63, 3.8) is 0 Å². The second kappa shape index (κ2) is 5.16. The zero-order valence-corrected chi connectivity index (χ0v) is 7.84. The van der Waals surface area contributed by atoms with Crippen LogP contribution in [0.1, 0.15) is 39.0 Å². The second-order valence-electron chi connectivity index (χ2n) is 3.58. The third-order valence-corrected chi connectivity index (χ3v) is 2.57. The Kier molecular flexibility index (Phi) is 4.10. The molecule has 1 saturated carbocycles. The molecule has 0 bridgehead atoms. The molecule has 2 unspecified atom stereocenters. The van der Waals surface area contributed by atoms with E-state index in [4.69, 9.17) is 5.26 Å². The molecular formula is C10H18N2. The number of nitrogens with zero attached hydrogens (tertiary/aromatic N) is 1. The summed E-state index contributed by atoms with van der Waals surface area (Å²) in [6, 6.07) is 2.97. The first kappa shape index (κ1) is 9.54. The fourth-order valence-corrected chi connectivity index (χ4v) is 1.57. The highest BCUT2D eigenvalue weighted by Gasteiger charge is 2.34. The van der Waals surface area contributed by atoms with Gasteiger partial charge in [0.15, 0.2) is 0 Å². The van der Waals surface area contributed by atoms with Crippen LogP contribution in [0.3, 0.4) is 0 Å². The largest absolute Gasteiger partial charge is 0.314 e. The minimum Gasteiger partial charge on any atom is -0.314 e. The molecule has 0 radical (unpaired) electrons. The molecule has 1 fully saturated rings. The molecular weight excluding hydrogens is 148 g/mol. The predicted octanol–water partition coefficient (Wildman–Crippen LogP) is 2.07. The van der Waals surface area contributed by atoms with Crippen LogP contribution in [0.5, 0.6) is 0 Å². The summed E-state index contributed by atoms with van der Waals surface area (Å²) in [6.45, 7) is 3.35. The summed E-state index contributed by atoms with van der Waals surface area (Å²) in [7, 11) is 0. The molecule has 0 amide bonds. The summed E-state index contributed by atoms with van der Waals surface area (Å²) in [5.74, 6) is 0.945. The molecule has 0 aromatic carbocycles. The molecule has 0 aromatic heterocycles. The smallest absolute Gasteiger partial charge is 0.0621 e. The molecule has 1 aliphatic rings. The van der Waals surface area contributed by atoms with E-state index in [9.17, 15) is 0 Å². The van der Waals surface area contributed by atoms with Gasteiger partial charge < -0.3 is 5.32 Å². The van der Waals surface area contributed by atoms with Crippen LogP contribution < -0.4 is 5.32 Å². The molecule has 68 valence electrons. The van der Waals surface area contributed by atoms with Gasteiger partial charge in [0, 0.05) is 12.5 Å². The van der Waals surface area contributed by atoms with Crippen LogP contribution in [0.2, 0.25) is 0 Å². The summed E-state index contributed by atoms with van der Waals surface area (Å²) in [4.78, 5) is 0. The molecule has 0 aliphatic heterocycles. The van der Waals surface area contributed by atoms with Crippen LogP contribution in [0.15, 0.2) is 0 Å². The van der Waals surface area contributed by atoms with Gasteiger partial charge in [0.05, 0.1) is 6.07 Å². The van der Waals surface area contributed by atoms with E-state index in [1.165, 1.54) is 12.8 Å². The third-order valence-electron chi connectivity index (χ3n) is 2.57. The summed E-state index contributed by atoms with van der Waals surface area (Å²) in [5, 5.41) is 11.8. The van der Waals surface area contributed by atoms with Crippen molar-refractivity contribution in [1.82, 2.24) is 5.32 Å². The molecule has 1 aliphatic carbocycles. The monoisotopic (exact) mass is 166 g/mol. The van der Waals surface area contributed by atoms with Gasteiger partial charge in [0.1, 0.15) is 0 Å². The van der Waals surface area contributed by atoms with E-state index < -0.39 is 0 Å². The predicted molar refractivity (Wildman–Crippen MR) is 49.7 cm³/mol. The summed E-state index contributed by atoms with van der Waals surface area (Å²) in [5.41, 5.74) is 0. The average molecular weight is 166 g/mol. The van der Waals surface area contributed by atoms with Crippen molar-refractivity contribution >= 4 is 0 Å². The van der Waals surface area contributed by atoms with E-state index in [1.54, 1.807) is 0 Å². The zero-order valence-electron chi connectivity index (χ0n) is 7.84. The quantitative estimate of drug-likeness (QED) is 0.613. The van der Waals surface area contributed by atoms with Gasteiger partial charge in [-0.25, -0.2) is 0 Å². The van der Waals surface area contributed by atoms with Crippen molar-refractivity contribution in [2.24, 2.45) is 5.92 Å². The standard InChI is InChI=1S/C10H18N2/c1-2-9-8-10(9)12-7-5-3-4-6-11/h9-10,12H,2-5,7-8H2,1H3. The lowest BCUT2D eigenvalue weighted by Gasteiger charge is -2.00. The summed E-state index contributed by atoms with van der Waals surface area (Å²) in [6.07, 6.45) is 5.60. The highest BCUT2D eigenvalue weighted by molar-refractivity contribution is 4.91. The topological polar surface area (TPSA) is 35.8 Å². The van der Waals surface area contributed by atoms with E-state index in [2.05, 4.69) is 18.3 Å². The fourth-order valence-electron chi connectivity index (χ4n) is 1.57. The zero-order chi connectivity index (χ0) is 8.81. The number of hydrogen-bond donors (Lipinski definition) is 1. The van der Waals surface area contributed by atoms with Crippen LogP contribution in [0.4, 0.5) is 0 Å². The summed E-state index contributed by atoms with van der Waals surface area (Å²) >= 11 is 0. The number of rotatable bonds is 6. The Labute approximate surface area is 75.0 Å². The Morgan fingerprint density at radius 1 is 1.50 bits per heavy atom. The van der Waals surface area contributed by atoms with Crippen LogP contribution in [0, 0.1) is 17.2 Å². The number of nitriles is 1. The molecule has 0 aromatic rings. The average Bonchev–Trinajstić information content (AvgIpc) is 2.83. The maximum absolute atomic E-state index is 8.30. The minimum atomic E-state index is 0.712. The maximum atomic E-state index is 8.30. The lowest BCUT2D eigenvalue weighted by Crippen LogP contribution is -2.19. The van der Waals surface area contributed by atoms with Gasteiger partial charge in [-0.05, 0) is 31.7 Å². The Morgan fingerprint density at radius 2 is 2.33 bits per heavy atom. The van der Waals surface area contributed by atoms with Crippen molar-refractivity contribution in [3.05, 3.63) is 0 Å². The number of unbranched alkanes of at least 4 members (excludes halogenated alkanes) is 2. The maximum Gasteiger partial charge on any atom is 0.0621 e. The highest BCUT2D eigenvalue weighted by atomic mass is 15.0. The molecule has 2 heteroatoms. The summed E-state index contributed by atoms with van der Waals surface area (Å²) < 4.78 is 0. The molecule has 2 nitrogen and oxygen atoms in total. The molecule has 0 heterocycles. The van der Waals surface area contributed by atoms with E-state index in [1.807, 2.05) is 0 Å². The van der Waals surface area contributed by atoms with Crippen molar-refractivity contribution < 1.29 is 0 Å². The lowest BCUT2D eigenvalue weighted by molar-refractivity contribution is 0.590. The fraction of sp³-hybridized carbons (Fsp3) is 0.900. The van der Waals surface area contributed by atoms with Crippen molar-refractivity contribution in [3.8, 4) is 6.07 Å². The van der Waals surface area contributed by atoms with E-state index >= 15 is 0 Å². The third kappa shape index (κ3) is 3.23. The Hall–Kier alpha value is -0.550. The molecule has 12 heavy (non-hydrogen) atoms. The van der Waals surface area contributed by atoms with E-state index in [0.29, 0.717) is 6.42 Å². The van der Waals surface area contributed by atoms with Gasteiger partial charge in [0.25, 0.3) is 0 Å². The van der Waals surface area contributed by atoms with Crippen LogP contribution >= 0.6 is 0 Å². The van der Waals surface area contributed by atoms with Crippen LogP contribution in [-0.4, -0.2) is 12.6 Å². The Balaban J connectivity index is 1.82. The first-order chi connectivity index (χ1) is 5.88. The molecule has 2 atom stereocenters. The van der Waals surface area contributed by atoms with Crippen molar-refractivity contribution in [2.45, 2.75) is 45.1 Å². The van der Waals surface area contributed by atoms with E-state index in [0.717, 1.165) is 31.3 Å². The van der Waals surface area contributed by atoms with Gasteiger partial charge in [-0.1, -0.05) is 13.3 Å². The minimum absolute atomic E-state index is 0.712. The van der Waals surface area contributed by atoms with E-state index in [-0.39, 0.29) is 0 Å². The Morgan fingerprint density at radius 3 is 2.92 bits per heavy atom. The first-order valence-electron chi connectivity index (χ1n) is 4.98. The highest BCUT2D eigenvalue weighted by Crippen LogP contribution is 2.32. The number of hydrogen-bond acceptors (Lipinski definition) is 2. The van der Waals surface area contributed by atoms with Gasteiger partial charge in [0.2, 0.25) is 0 Å².